The summed E-state index contributed by atoms with van der Waals surface area (Å²) in [7, 11) is 0. The normalized spacial score (nSPS) is 20.5. The topological polar surface area (TPSA) is 66.5 Å². The van der Waals surface area contributed by atoms with Crippen LogP contribution in [-0.2, 0) is 9.53 Å². The molecule has 136 valence electrons. The monoisotopic (exact) mass is 394 g/mol. The maximum atomic E-state index is 12.1. The van der Waals surface area contributed by atoms with Crippen LogP contribution in [0.4, 0.5) is 11.5 Å². The number of rotatable bonds is 4. The molecule has 0 spiro atoms. The predicted molar refractivity (Wildman–Crippen MR) is 104 cm³/mol. The Labute approximate surface area is 159 Å². The predicted octanol–water partition coefficient (Wildman–Crippen LogP) is 1.80. The van der Waals surface area contributed by atoms with E-state index in [1.54, 1.807) is 6.20 Å². The molecule has 2 N–H and O–H groups in total. The second-order valence-electron chi connectivity index (χ2n) is 5.48. The van der Waals surface area contributed by atoms with Crippen LogP contribution < -0.4 is 15.5 Å². The van der Waals surface area contributed by atoms with Crippen LogP contribution in [0.3, 0.4) is 0 Å². The van der Waals surface area contributed by atoms with Gasteiger partial charge in [-0.25, -0.2) is 4.98 Å². The molecule has 1 unspecified atom stereocenters. The van der Waals surface area contributed by atoms with E-state index >= 15 is 0 Å². The second kappa shape index (κ2) is 11.0. The van der Waals surface area contributed by atoms with Crippen LogP contribution in [0.15, 0.2) is 18.3 Å². The third kappa shape index (κ3) is 6.29. The van der Waals surface area contributed by atoms with Crippen LogP contribution in [0.2, 0.25) is 0 Å². The first-order valence-corrected chi connectivity index (χ1v) is 8.86. The number of halogens is 2. The summed E-state index contributed by atoms with van der Waals surface area (Å²) < 4.78 is 5.34. The fourth-order valence-corrected chi connectivity index (χ4v) is 3.58. The van der Waals surface area contributed by atoms with Gasteiger partial charge in [-0.3, -0.25) is 4.79 Å². The van der Waals surface area contributed by atoms with Gasteiger partial charge in [0.15, 0.2) is 0 Å². The minimum atomic E-state index is 0. The Kier molecular flexibility index (Phi) is 9.76. The van der Waals surface area contributed by atoms with Crippen LogP contribution in [0.5, 0.6) is 0 Å². The first-order chi connectivity index (χ1) is 10.8. The van der Waals surface area contributed by atoms with Crippen LogP contribution in [0, 0.1) is 0 Å². The molecule has 9 heteroatoms. The van der Waals surface area contributed by atoms with E-state index in [2.05, 4.69) is 20.5 Å². The number of carbonyl (C=O) groups is 1. The fraction of sp³-hybridized carbons (Fsp3) is 0.600. The molecule has 0 radical (unpaired) electrons. The van der Waals surface area contributed by atoms with Crippen molar-refractivity contribution in [2.75, 3.05) is 54.6 Å². The van der Waals surface area contributed by atoms with E-state index in [-0.39, 0.29) is 36.8 Å². The molecule has 1 atom stereocenters. The summed E-state index contributed by atoms with van der Waals surface area (Å²) in [4.78, 5) is 18.7. The maximum absolute atomic E-state index is 12.1. The van der Waals surface area contributed by atoms with E-state index in [1.165, 1.54) is 0 Å². The van der Waals surface area contributed by atoms with Gasteiger partial charge in [0.2, 0.25) is 5.91 Å². The van der Waals surface area contributed by atoms with Gasteiger partial charge >= 0.3 is 0 Å². The van der Waals surface area contributed by atoms with Gasteiger partial charge in [-0.05, 0) is 12.1 Å². The Morgan fingerprint density at radius 2 is 2.17 bits per heavy atom. The number of morpholine rings is 1. The summed E-state index contributed by atoms with van der Waals surface area (Å²) in [6.07, 6.45) is 2.24. The van der Waals surface area contributed by atoms with E-state index in [4.69, 9.17) is 4.74 Å². The highest BCUT2D eigenvalue weighted by Crippen LogP contribution is 2.16. The Morgan fingerprint density at radius 1 is 1.38 bits per heavy atom. The van der Waals surface area contributed by atoms with Crippen molar-refractivity contribution in [2.45, 2.75) is 12.5 Å². The van der Waals surface area contributed by atoms with E-state index in [0.717, 1.165) is 55.9 Å². The molecule has 2 fully saturated rings. The smallest absolute Gasteiger partial charge is 0.226 e. The number of anilines is 2. The molecule has 0 saturated carbocycles. The summed E-state index contributed by atoms with van der Waals surface area (Å²) in [5.41, 5.74) is 0.755. The number of carbonyl (C=O) groups excluding carboxylic acids is 1. The van der Waals surface area contributed by atoms with Gasteiger partial charge < -0.3 is 20.3 Å². The molecule has 3 rings (SSSR count). The van der Waals surface area contributed by atoms with Gasteiger partial charge in [0, 0.05) is 43.6 Å². The first-order valence-electron chi connectivity index (χ1n) is 7.71. The largest absolute Gasteiger partial charge is 0.378 e. The number of nitrogens with zero attached hydrogens (tertiary/aromatic N) is 2. The average Bonchev–Trinajstić information content (AvgIpc) is 2.57. The van der Waals surface area contributed by atoms with Gasteiger partial charge in [0.05, 0.1) is 25.1 Å². The van der Waals surface area contributed by atoms with Gasteiger partial charge in [0.1, 0.15) is 5.82 Å². The average molecular weight is 395 g/mol. The molecule has 1 aromatic rings. The van der Waals surface area contributed by atoms with Crippen LogP contribution >= 0.6 is 36.6 Å². The fourth-order valence-electron chi connectivity index (χ4n) is 2.63. The standard InChI is InChI=1S/C15H22N4O2S.2ClH/c20-15(9-13-11-22-8-3-16-13)18-12-1-2-14(17-10-12)19-4-6-21-7-5-19;;/h1-2,10,13,16H,3-9,11H2,(H,18,20);2*1H. The number of pyridine rings is 1. The van der Waals surface area contributed by atoms with Crippen molar-refractivity contribution in [3.8, 4) is 0 Å². The number of nitrogens with one attached hydrogen (secondary N) is 2. The number of aromatic nitrogens is 1. The first kappa shape index (κ1) is 21.3. The van der Waals surface area contributed by atoms with Crippen LogP contribution in [-0.4, -0.2) is 61.3 Å². The Morgan fingerprint density at radius 3 is 2.79 bits per heavy atom. The van der Waals surface area contributed by atoms with Gasteiger partial charge in [-0.15, -0.1) is 24.8 Å². The lowest BCUT2D eigenvalue weighted by Gasteiger charge is -2.27. The van der Waals surface area contributed by atoms with Gasteiger partial charge in [0.25, 0.3) is 0 Å². The molecule has 2 saturated heterocycles. The lowest BCUT2D eigenvalue weighted by molar-refractivity contribution is -0.116. The number of amides is 1. The zero-order chi connectivity index (χ0) is 15.2. The van der Waals surface area contributed by atoms with Gasteiger partial charge in [-0.1, -0.05) is 0 Å². The number of ether oxygens (including phenoxy) is 1. The molecule has 2 aliphatic rings. The minimum absolute atomic E-state index is 0. The van der Waals surface area contributed by atoms with Gasteiger partial charge in [-0.2, -0.15) is 11.8 Å². The van der Waals surface area contributed by atoms with Crippen molar-refractivity contribution in [3.63, 3.8) is 0 Å². The Balaban J connectivity index is 0.00000144. The minimum Gasteiger partial charge on any atom is -0.378 e. The molecular formula is C15H24Cl2N4O2S. The van der Waals surface area contributed by atoms with Crippen LogP contribution in [0.1, 0.15) is 6.42 Å². The van der Waals surface area contributed by atoms with E-state index < -0.39 is 0 Å². The molecule has 24 heavy (non-hydrogen) atoms. The van der Waals surface area contributed by atoms with Crippen molar-refractivity contribution in [1.82, 2.24) is 10.3 Å². The van der Waals surface area contributed by atoms with Crippen molar-refractivity contribution >= 4 is 54.0 Å². The number of hydrogen-bond donors (Lipinski definition) is 2. The van der Waals surface area contributed by atoms with Crippen molar-refractivity contribution in [2.24, 2.45) is 0 Å². The Hall–Kier alpha value is -0.730. The molecule has 1 aromatic heterocycles. The lowest BCUT2D eigenvalue weighted by atomic mass is 10.2. The summed E-state index contributed by atoms with van der Waals surface area (Å²) in [6.45, 7) is 4.20. The summed E-state index contributed by atoms with van der Waals surface area (Å²) >= 11 is 1.90. The number of thioether (sulfide) groups is 1. The highest BCUT2D eigenvalue weighted by atomic mass is 35.5. The third-order valence-corrected chi connectivity index (χ3v) is 4.93. The highest BCUT2D eigenvalue weighted by molar-refractivity contribution is 7.99. The van der Waals surface area contributed by atoms with E-state index in [9.17, 15) is 4.79 Å². The third-order valence-electron chi connectivity index (χ3n) is 3.80. The quantitative estimate of drug-likeness (QED) is 0.811. The van der Waals surface area contributed by atoms with Crippen LogP contribution in [0.25, 0.3) is 0 Å². The summed E-state index contributed by atoms with van der Waals surface area (Å²) in [6, 6.07) is 4.15. The molecule has 0 bridgehead atoms. The molecule has 0 aromatic carbocycles. The van der Waals surface area contributed by atoms with E-state index in [1.807, 2.05) is 23.9 Å². The molecule has 1 amide bonds. The molecular weight excluding hydrogens is 371 g/mol. The zero-order valence-electron chi connectivity index (χ0n) is 13.4. The SMILES string of the molecule is Cl.Cl.O=C(CC1CSCCN1)Nc1ccc(N2CCOCC2)nc1. The highest BCUT2D eigenvalue weighted by Gasteiger charge is 2.17. The molecule has 0 aliphatic carbocycles. The van der Waals surface area contributed by atoms with Crippen molar-refractivity contribution < 1.29 is 9.53 Å². The Bertz CT molecular complexity index is 495. The molecule has 3 heterocycles. The maximum Gasteiger partial charge on any atom is 0.226 e. The zero-order valence-corrected chi connectivity index (χ0v) is 15.9. The molecule has 6 nitrogen and oxygen atoms in total. The number of hydrogen-bond acceptors (Lipinski definition) is 6. The van der Waals surface area contributed by atoms with Crippen molar-refractivity contribution in [3.05, 3.63) is 18.3 Å². The lowest BCUT2D eigenvalue weighted by Crippen LogP contribution is -2.39. The summed E-state index contributed by atoms with van der Waals surface area (Å²) in [5, 5.41) is 6.30. The van der Waals surface area contributed by atoms with Crippen molar-refractivity contribution in [1.29, 1.82) is 0 Å². The molecule has 2 aliphatic heterocycles. The second-order valence-corrected chi connectivity index (χ2v) is 6.63. The summed E-state index contributed by atoms with van der Waals surface area (Å²) in [5.74, 6) is 3.11. The van der Waals surface area contributed by atoms with E-state index in [0.29, 0.717) is 6.42 Å².